The van der Waals surface area contributed by atoms with Gasteiger partial charge in [-0.1, -0.05) is 0 Å². The summed E-state index contributed by atoms with van der Waals surface area (Å²) in [4.78, 5) is 11.3. The SMILES string of the molecule is COCCOc1ccc(F)cc1NC(=O)CC#N. The van der Waals surface area contributed by atoms with Crippen molar-refractivity contribution in [2.45, 2.75) is 6.42 Å². The Hall–Kier alpha value is -2.13. The summed E-state index contributed by atoms with van der Waals surface area (Å²) in [5.74, 6) is -0.680. The first-order chi connectivity index (χ1) is 8.67. The normalized spacial score (nSPS) is 9.61. The minimum atomic E-state index is -0.514. The van der Waals surface area contributed by atoms with Crippen LogP contribution in [-0.4, -0.2) is 26.2 Å². The number of nitrogens with zero attached hydrogens (tertiary/aromatic N) is 1. The first kappa shape index (κ1) is 13.9. The summed E-state index contributed by atoms with van der Waals surface area (Å²) < 4.78 is 23.2. The number of ether oxygens (including phenoxy) is 2. The van der Waals surface area contributed by atoms with Crippen molar-refractivity contribution in [2.24, 2.45) is 0 Å². The zero-order chi connectivity index (χ0) is 13.4. The van der Waals surface area contributed by atoms with Crippen LogP contribution >= 0.6 is 0 Å². The molecular weight excluding hydrogens is 239 g/mol. The smallest absolute Gasteiger partial charge is 0.238 e. The van der Waals surface area contributed by atoms with Gasteiger partial charge in [0.2, 0.25) is 5.91 Å². The molecule has 1 amide bonds. The summed E-state index contributed by atoms with van der Waals surface area (Å²) in [5.41, 5.74) is 0.200. The molecule has 0 unspecified atom stereocenters. The predicted octanol–water partition coefficient (Wildman–Crippen LogP) is 1.70. The van der Waals surface area contributed by atoms with Gasteiger partial charge < -0.3 is 14.8 Å². The lowest BCUT2D eigenvalue weighted by molar-refractivity contribution is -0.115. The highest BCUT2D eigenvalue weighted by Gasteiger charge is 2.09. The Morgan fingerprint density at radius 1 is 1.50 bits per heavy atom. The Kier molecular flexibility index (Phi) is 5.61. The molecule has 0 radical (unpaired) electrons. The number of hydrogen-bond donors (Lipinski definition) is 1. The number of halogens is 1. The second kappa shape index (κ2) is 7.25. The van der Waals surface area contributed by atoms with Crippen molar-refractivity contribution in [2.75, 3.05) is 25.6 Å². The molecule has 0 bridgehead atoms. The highest BCUT2D eigenvalue weighted by molar-refractivity contribution is 5.93. The highest BCUT2D eigenvalue weighted by atomic mass is 19.1. The first-order valence-corrected chi connectivity index (χ1v) is 5.25. The van der Waals surface area contributed by atoms with Crippen molar-refractivity contribution in [1.29, 1.82) is 5.26 Å². The van der Waals surface area contributed by atoms with Crippen molar-refractivity contribution >= 4 is 11.6 Å². The fourth-order valence-electron chi connectivity index (χ4n) is 1.23. The van der Waals surface area contributed by atoms with E-state index in [2.05, 4.69) is 5.32 Å². The van der Waals surface area contributed by atoms with Crippen LogP contribution in [0.25, 0.3) is 0 Å². The lowest BCUT2D eigenvalue weighted by Crippen LogP contribution is -2.13. The molecule has 1 rings (SSSR count). The van der Waals surface area contributed by atoms with E-state index < -0.39 is 11.7 Å². The van der Waals surface area contributed by atoms with Gasteiger partial charge in [-0.25, -0.2) is 4.39 Å². The number of rotatable bonds is 6. The molecule has 96 valence electrons. The maximum absolute atomic E-state index is 13.1. The number of methoxy groups -OCH3 is 1. The van der Waals surface area contributed by atoms with Gasteiger partial charge in [0.15, 0.2) is 0 Å². The third-order valence-corrected chi connectivity index (χ3v) is 2.00. The lowest BCUT2D eigenvalue weighted by atomic mass is 10.2. The average Bonchev–Trinajstić information content (AvgIpc) is 2.32. The quantitative estimate of drug-likeness (QED) is 0.782. The molecule has 0 aliphatic carbocycles. The van der Waals surface area contributed by atoms with Crippen molar-refractivity contribution in [1.82, 2.24) is 0 Å². The Labute approximate surface area is 104 Å². The molecule has 0 saturated carbocycles. The van der Waals surface area contributed by atoms with E-state index in [1.54, 1.807) is 6.07 Å². The Balaban J connectivity index is 2.76. The maximum atomic E-state index is 13.1. The van der Waals surface area contributed by atoms with E-state index in [9.17, 15) is 9.18 Å². The van der Waals surface area contributed by atoms with Crippen LogP contribution in [0, 0.1) is 17.1 Å². The monoisotopic (exact) mass is 252 g/mol. The zero-order valence-corrected chi connectivity index (χ0v) is 9.90. The van der Waals surface area contributed by atoms with Gasteiger partial charge in [0, 0.05) is 13.2 Å². The molecule has 0 spiro atoms. The van der Waals surface area contributed by atoms with Crippen LogP contribution in [0.3, 0.4) is 0 Å². The van der Waals surface area contributed by atoms with Gasteiger partial charge in [-0.05, 0) is 12.1 Å². The van der Waals surface area contributed by atoms with Gasteiger partial charge in [-0.3, -0.25) is 4.79 Å². The van der Waals surface area contributed by atoms with Gasteiger partial charge in [-0.2, -0.15) is 5.26 Å². The summed E-state index contributed by atoms with van der Waals surface area (Å²) in [6, 6.07) is 5.48. The number of carbonyl (C=O) groups excluding carboxylic acids is 1. The summed E-state index contributed by atoms with van der Waals surface area (Å²) in [6.07, 6.45) is -0.298. The summed E-state index contributed by atoms with van der Waals surface area (Å²) >= 11 is 0. The van der Waals surface area contributed by atoms with Gasteiger partial charge >= 0.3 is 0 Å². The minimum Gasteiger partial charge on any atom is -0.489 e. The van der Waals surface area contributed by atoms with E-state index in [1.807, 2.05) is 0 Å². The first-order valence-electron chi connectivity index (χ1n) is 5.25. The summed E-state index contributed by atoms with van der Waals surface area (Å²) in [5, 5.41) is 10.8. The highest BCUT2D eigenvalue weighted by Crippen LogP contribution is 2.25. The van der Waals surface area contributed by atoms with Gasteiger partial charge in [-0.15, -0.1) is 0 Å². The van der Waals surface area contributed by atoms with Crippen molar-refractivity contribution in [3.63, 3.8) is 0 Å². The second-order valence-corrected chi connectivity index (χ2v) is 3.36. The molecule has 0 aromatic heterocycles. The fraction of sp³-hybridized carbons (Fsp3) is 0.333. The number of carbonyl (C=O) groups is 1. The molecule has 1 aromatic rings. The Morgan fingerprint density at radius 3 is 2.94 bits per heavy atom. The van der Waals surface area contributed by atoms with E-state index >= 15 is 0 Å². The zero-order valence-electron chi connectivity index (χ0n) is 9.90. The van der Waals surface area contributed by atoms with Gasteiger partial charge in [0.25, 0.3) is 0 Å². The van der Waals surface area contributed by atoms with Crippen LogP contribution in [-0.2, 0) is 9.53 Å². The van der Waals surface area contributed by atoms with Crippen LogP contribution < -0.4 is 10.1 Å². The largest absolute Gasteiger partial charge is 0.489 e. The number of nitriles is 1. The van der Waals surface area contributed by atoms with Crippen LogP contribution in [0.4, 0.5) is 10.1 Å². The van der Waals surface area contributed by atoms with E-state index in [4.69, 9.17) is 14.7 Å². The summed E-state index contributed by atoms with van der Waals surface area (Å²) in [6.45, 7) is 0.659. The number of hydrogen-bond acceptors (Lipinski definition) is 4. The molecule has 0 aliphatic rings. The minimum absolute atomic E-state index is 0.200. The predicted molar refractivity (Wildman–Crippen MR) is 62.6 cm³/mol. The van der Waals surface area contributed by atoms with E-state index in [-0.39, 0.29) is 18.7 Å². The lowest BCUT2D eigenvalue weighted by Gasteiger charge is -2.11. The molecule has 5 nitrogen and oxygen atoms in total. The maximum Gasteiger partial charge on any atom is 0.238 e. The van der Waals surface area contributed by atoms with Crippen LogP contribution in [0.15, 0.2) is 18.2 Å². The number of nitrogens with one attached hydrogen (secondary N) is 1. The Morgan fingerprint density at radius 2 is 2.28 bits per heavy atom. The molecule has 0 heterocycles. The average molecular weight is 252 g/mol. The standard InChI is InChI=1S/C12H13FN2O3/c1-17-6-7-18-11-3-2-9(13)8-10(11)15-12(16)4-5-14/h2-3,8H,4,6-7H2,1H3,(H,15,16). The number of amides is 1. The third kappa shape index (κ3) is 4.39. The molecule has 0 saturated heterocycles. The summed E-state index contributed by atoms with van der Waals surface area (Å²) in [7, 11) is 1.53. The molecule has 1 aromatic carbocycles. The van der Waals surface area contributed by atoms with Crippen molar-refractivity contribution < 1.29 is 18.7 Å². The van der Waals surface area contributed by atoms with Gasteiger partial charge in [0.05, 0.1) is 18.4 Å². The number of benzene rings is 1. The Bertz CT molecular complexity index is 457. The fourth-order valence-corrected chi connectivity index (χ4v) is 1.23. The van der Waals surface area contributed by atoms with Crippen LogP contribution in [0.5, 0.6) is 5.75 Å². The van der Waals surface area contributed by atoms with Crippen molar-refractivity contribution in [3.8, 4) is 11.8 Å². The molecule has 0 fully saturated rings. The molecule has 6 heteroatoms. The van der Waals surface area contributed by atoms with Crippen molar-refractivity contribution in [3.05, 3.63) is 24.0 Å². The molecule has 0 aliphatic heterocycles. The second-order valence-electron chi connectivity index (χ2n) is 3.36. The van der Waals surface area contributed by atoms with E-state index in [0.29, 0.717) is 12.4 Å². The van der Waals surface area contributed by atoms with Crippen LogP contribution in [0.1, 0.15) is 6.42 Å². The third-order valence-electron chi connectivity index (χ3n) is 2.00. The van der Waals surface area contributed by atoms with E-state index in [1.165, 1.54) is 19.2 Å². The molecule has 1 N–H and O–H groups in total. The van der Waals surface area contributed by atoms with Crippen LogP contribution in [0.2, 0.25) is 0 Å². The topological polar surface area (TPSA) is 71.3 Å². The molecule has 18 heavy (non-hydrogen) atoms. The molecular formula is C12H13FN2O3. The number of anilines is 1. The molecule has 0 atom stereocenters. The van der Waals surface area contributed by atoms with Gasteiger partial charge in [0.1, 0.15) is 24.6 Å². The van der Waals surface area contributed by atoms with E-state index in [0.717, 1.165) is 6.07 Å².